The first-order valence-corrected chi connectivity index (χ1v) is 10.6. The summed E-state index contributed by atoms with van der Waals surface area (Å²) in [5.41, 5.74) is 2.06. The highest BCUT2D eigenvalue weighted by Gasteiger charge is 2.59. The van der Waals surface area contributed by atoms with Crippen molar-refractivity contribution in [2.45, 2.75) is 13.0 Å². The van der Waals surface area contributed by atoms with Gasteiger partial charge >= 0.3 is 0 Å². The molecular weight excluding hydrogens is 409 g/mol. The van der Waals surface area contributed by atoms with Gasteiger partial charge in [-0.2, -0.15) is 0 Å². The number of carbonyl (C=O) groups is 1. The van der Waals surface area contributed by atoms with Crippen LogP contribution in [0.5, 0.6) is 0 Å². The van der Waals surface area contributed by atoms with Gasteiger partial charge in [0.25, 0.3) is 11.5 Å². The molecule has 7 nitrogen and oxygen atoms in total. The van der Waals surface area contributed by atoms with Crippen molar-refractivity contribution in [3.63, 3.8) is 0 Å². The molecule has 1 amide bonds. The number of aromatic nitrogens is 3. The van der Waals surface area contributed by atoms with E-state index in [2.05, 4.69) is 9.97 Å². The number of benzene rings is 1. The number of carbonyl (C=O) groups excluding carboxylic acids is 1. The van der Waals surface area contributed by atoms with Crippen molar-refractivity contribution < 1.29 is 9.18 Å². The number of pyridine rings is 1. The Morgan fingerprint density at radius 1 is 1.19 bits per heavy atom. The lowest BCUT2D eigenvalue weighted by Crippen LogP contribution is -2.38. The monoisotopic (exact) mass is 433 g/mol. The number of anilines is 1. The van der Waals surface area contributed by atoms with E-state index in [1.807, 2.05) is 48.0 Å². The third-order valence-corrected chi connectivity index (χ3v) is 6.62. The molecule has 2 aliphatic rings. The zero-order valence-electron chi connectivity index (χ0n) is 18.2. The summed E-state index contributed by atoms with van der Waals surface area (Å²) >= 11 is 0. The quantitative estimate of drug-likeness (QED) is 0.632. The minimum Gasteiger partial charge on any atom is -0.342 e. The van der Waals surface area contributed by atoms with Crippen molar-refractivity contribution in [1.29, 1.82) is 0 Å². The zero-order chi connectivity index (χ0) is 22.6. The van der Waals surface area contributed by atoms with E-state index in [0.29, 0.717) is 36.4 Å². The SMILES string of the molecule is Cc1cccc(C(=O)N2CC3C(C2)C3N(C)c2nc(-c3ccncc3F)cc(=O)n2C)c1. The molecule has 164 valence electrons. The largest absolute Gasteiger partial charge is 0.342 e. The third-order valence-electron chi connectivity index (χ3n) is 6.62. The van der Waals surface area contributed by atoms with Gasteiger partial charge in [-0.25, -0.2) is 9.37 Å². The van der Waals surface area contributed by atoms with Crippen LogP contribution in [0.4, 0.5) is 10.3 Å². The molecule has 0 bridgehead atoms. The number of fused-ring (bicyclic) bond motifs is 1. The number of hydrogen-bond acceptors (Lipinski definition) is 5. The van der Waals surface area contributed by atoms with Crippen LogP contribution in [0.3, 0.4) is 0 Å². The Balaban J connectivity index is 1.35. The number of hydrogen-bond donors (Lipinski definition) is 0. The Kier molecular flexibility index (Phi) is 4.80. The zero-order valence-corrected chi connectivity index (χ0v) is 18.2. The second-order valence-electron chi connectivity index (χ2n) is 8.70. The number of likely N-dealkylation sites (tertiary alicyclic amines) is 1. The van der Waals surface area contributed by atoms with Gasteiger partial charge < -0.3 is 9.80 Å². The molecule has 2 atom stereocenters. The molecule has 0 spiro atoms. The van der Waals surface area contributed by atoms with E-state index >= 15 is 0 Å². The average molecular weight is 433 g/mol. The van der Waals surface area contributed by atoms with E-state index in [1.54, 1.807) is 7.05 Å². The normalized spacial score (nSPS) is 21.4. The molecule has 0 N–H and O–H groups in total. The summed E-state index contributed by atoms with van der Waals surface area (Å²) in [6, 6.07) is 10.7. The third kappa shape index (κ3) is 3.36. The highest BCUT2D eigenvalue weighted by molar-refractivity contribution is 5.94. The Morgan fingerprint density at radius 2 is 1.94 bits per heavy atom. The molecule has 1 aromatic carbocycles. The molecule has 32 heavy (non-hydrogen) atoms. The summed E-state index contributed by atoms with van der Waals surface area (Å²) in [5, 5.41) is 0. The first-order chi connectivity index (χ1) is 15.3. The second-order valence-corrected chi connectivity index (χ2v) is 8.70. The Labute approximate surface area is 185 Å². The molecule has 3 heterocycles. The summed E-state index contributed by atoms with van der Waals surface area (Å²) in [4.78, 5) is 37.7. The topological polar surface area (TPSA) is 71.3 Å². The fourth-order valence-electron chi connectivity index (χ4n) is 4.89. The molecule has 2 fully saturated rings. The fourth-order valence-corrected chi connectivity index (χ4v) is 4.89. The minimum absolute atomic E-state index is 0.0583. The molecule has 5 rings (SSSR count). The first-order valence-electron chi connectivity index (χ1n) is 10.6. The summed E-state index contributed by atoms with van der Waals surface area (Å²) in [6.07, 6.45) is 2.59. The highest BCUT2D eigenvalue weighted by Crippen LogP contribution is 2.49. The summed E-state index contributed by atoms with van der Waals surface area (Å²) in [6.45, 7) is 3.34. The average Bonchev–Trinajstić information content (AvgIpc) is 3.28. The van der Waals surface area contributed by atoms with Gasteiger partial charge in [0.05, 0.1) is 11.9 Å². The smallest absolute Gasteiger partial charge is 0.255 e. The molecular formula is C24H24FN5O2. The van der Waals surface area contributed by atoms with Gasteiger partial charge in [-0.3, -0.25) is 19.1 Å². The van der Waals surface area contributed by atoms with Crippen molar-refractivity contribution in [3.05, 3.63) is 76.1 Å². The minimum atomic E-state index is -0.518. The number of aryl methyl sites for hydroxylation is 1. The van der Waals surface area contributed by atoms with Gasteiger partial charge in [0, 0.05) is 68.5 Å². The number of nitrogens with zero attached hydrogens (tertiary/aromatic N) is 5. The van der Waals surface area contributed by atoms with Gasteiger partial charge in [-0.05, 0) is 25.1 Å². The maximum absolute atomic E-state index is 14.2. The lowest BCUT2D eigenvalue weighted by Gasteiger charge is -2.26. The lowest BCUT2D eigenvalue weighted by atomic mass is 10.1. The second kappa shape index (κ2) is 7.55. The van der Waals surface area contributed by atoms with Gasteiger partial charge in [0.1, 0.15) is 0 Å². The number of amides is 1. The molecule has 1 aliphatic carbocycles. The van der Waals surface area contributed by atoms with E-state index < -0.39 is 5.82 Å². The van der Waals surface area contributed by atoms with E-state index in [-0.39, 0.29) is 28.8 Å². The van der Waals surface area contributed by atoms with Crippen LogP contribution in [0.1, 0.15) is 15.9 Å². The standard InChI is InChI=1S/C24H24FN5O2/c1-14-5-4-6-15(9-14)23(32)30-12-17-18(13-30)22(17)29(3)24-27-20(10-21(31)28(24)2)16-7-8-26-11-19(16)25/h4-11,17-18,22H,12-13H2,1-3H3. The van der Waals surface area contributed by atoms with Crippen LogP contribution >= 0.6 is 0 Å². The number of rotatable bonds is 4. The fraction of sp³-hybridized carbons (Fsp3) is 0.333. The number of piperidine rings is 1. The van der Waals surface area contributed by atoms with Crippen molar-refractivity contribution in [2.75, 3.05) is 25.0 Å². The van der Waals surface area contributed by atoms with Gasteiger partial charge in [0.2, 0.25) is 5.95 Å². The van der Waals surface area contributed by atoms with Crippen LogP contribution in [0.2, 0.25) is 0 Å². The van der Waals surface area contributed by atoms with Crippen LogP contribution in [0.25, 0.3) is 11.3 Å². The van der Waals surface area contributed by atoms with Crippen LogP contribution < -0.4 is 10.5 Å². The molecule has 1 aliphatic heterocycles. The van der Waals surface area contributed by atoms with Crippen LogP contribution in [-0.4, -0.2) is 51.5 Å². The molecule has 1 saturated heterocycles. The Bertz CT molecular complexity index is 1260. The summed E-state index contributed by atoms with van der Waals surface area (Å²) < 4.78 is 15.7. The van der Waals surface area contributed by atoms with Crippen molar-refractivity contribution in [3.8, 4) is 11.3 Å². The predicted octanol–water partition coefficient (Wildman–Crippen LogP) is 2.50. The van der Waals surface area contributed by atoms with Gasteiger partial charge in [-0.15, -0.1) is 0 Å². The van der Waals surface area contributed by atoms with Crippen molar-refractivity contribution in [1.82, 2.24) is 19.4 Å². The maximum Gasteiger partial charge on any atom is 0.255 e. The van der Waals surface area contributed by atoms with E-state index in [4.69, 9.17) is 0 Å². The number of halogens is 1. The van der Waals surface area contributed by atoms with E-state index in [9.17, 15) is 14.0 Å². The molecule has 1 saturated carbocycles. The Hall–Kier alpha value is -3.55. The van der Waals surface area contributed by atoms with Gasteiger partial charge in [-0.1, -0.05) is 17.7 Å². The van der Waals surface area contributed by atoms with Crippen LogP contribution in [-0.2, 0) is 7.05 Å². The molecule has 8 heteroatoms. The highest BCUT2D eigenvalue weighted by atomic mass is 19.1. The van der Waals surface area contributed by atoms with Gasteiger partial charge in [0.15, 0.2) is 5.82 Å². The van der Waals surface area contributed by atoms with Crippen molar-refractivity contribution in [2.24, 2.45) is 18.9 Å². The maximum atomic E-state index is 14.2. The van der Waals surface area contributed by atoms with E-state index in [1.165, 1.54) is 22.9 Å². The summed E-state index contributed by atoms with van der Waals surface area (Å²) in [7, 11) is 3.57. The molecule has 0 radical (unpaired) electrons. The molecule has 2 aromatic heterocycles. The van der Waals surface area contributed by atoms with Crippen LogP contribution in [0.15, 0.2) is 53.6 Å². The lowest BCUT2D eigenvalue weighted by molar-refractivity contribution is 0.0772. The predicted molar refractivity (Wildman–Crippen MR) is 119 cm³/mol. The molecule has 2 unspecified atom stereocenters. The van der Waals surface area contributed by atoms with Crippen LogP contribution in [0, 0.1) is 24.6 Å². The Morgan fingerprint density at radius 3 is 2.62 bits per heavy atom. The van der Waals surface area contributed by atoms with E-state index in [0.717, 1.165) is 11.8 Å². The van der Waals surface area contributed by atoms with Crippen molar-refractivity contribution >= 4 is 11.9 Å². The first kappa shape index (κ1) is 20.4. The summed E-state index contributed by atoms with van der Waals surface area (Å²) in [5.74, 6) is 0.678. The molecule has 3 aromatic rings.